The van der Waals surface area contributed by atoms with Crippen LogP contribution in [0, 0.1) is 6.92 Å². The lowest BCUT2D eigenvalue weighted by Gasteiger charge is -2.17. The largest absolute Gasteiger partial charge is 0.495 e. The first kappa shape index (κ1) is 12.3. The summed E-state index contributed by atoms with van der Waals surface area (Å²) in [5, 5.41) is 11.8. The molecule has 0 fully saturated rings. The first-order chi connectivity index (χ1) is 8.24. The van der Waals surface area contributed by atoms with Gasteiger partial charge in [-0.2, -0.15) is 0 Å². The average Bonchev–Trinajstić information content (AvgIpc) is 2.38. The lowest BCUT2D eigenvalue weighted by molar-refractivity contribution is 0.276. The van der Waals surface area contributed by atoms with Crippen molar-refractivity contribution in [3.8, 4) is 5.75 Å². The molecule has 2 aromatic rings. The summed E-state index contributed by atoms with van der Waals surface area (Å²) in [4.78, 5) is 1.03. The van der Waals surface area contributed by atoms with Gasteiger partial charge in [-0.05, 0) is 29.7 Å². The molecule has 0 heterocycles. The molecule has 2 rings (SSSR count). The molecule has 0 bridgehead atoms. The molecule has 0 aliphatic carbocycles. The molecule has 0 amide bonds. The van der Waals surface area contributed by atoms with Crippen molar-refractivity contribution in [3.05, 3.63) is 35.4 Å². The number of ether oxygens (including phenoxy) is 1. The third-order valence-electron chi connectivity index (χ3n) is 3.08. The first-order valence-electron chi connectivity index (χ1n) is 5.47. The van der Waals surface area contributed by atoms with Gasteiger partial charge in [-0.15, -0.1) is 11.8 Å². The Hall–Kier alpha value is -1.19. The van der Waals surface area contributed by atoms with Crippen LogP contribution in [0.1, 0.15) is 11.1 Å². The molecule has 0 aromatic heterocycles. The van der Waals surface area contributed by atoms with Crippen LogP contribution in [-0.2, 0) is 6.61 Å². The standard InChI is InChI=1S/C14H16O2S/c1-9-10-6-4-5-7-11(10)13(16-2)14(17-3)12(9)8-15/h4-7,15H,8H2,1-3H3. The minimum absolute atomic E-state index is 0.0448. The summed E-state index contributed by atoms with van der Waals surface area (Å²) in [6.45, 7) is 2.09. The molecule has 90 valence electrons. The topological polar surface area (TPSA) is 29.5 Å². The van der Waals surface area contributed by atoms with E-state index >= 15 is 0 Å². The minimum atomic E-state index is 0.0448. The third kappa shape index (κ3) is 1.90. The van der Waals surface area contributed by atoms with Gasteiger partial charge < -0.3 is 9.84 Å². The number of methoxy groups -OCH3 is 1. The molecule has 1 N–H and O–H groups in total. The van der Waals surface area contributed by atoms with Crippen molar-refractivity contribution < 1.29 is 9.84 Å². The number of fused-ring (bicyclic) bond motifs is 1. The highest BCUT2D eigenvalue weighted by atomic mass is 32.2. The molecule has 0 spiro atoms. The molecule has 3 heteroatoms. The van der Waals surface area contributed by atoms with Crippen LogP contribution in [0.5, 0.6) is 5.75 Å². The summed E-state index contributed by atoms with van der Waals surface area (Å²) in [6.07, 6.45) is 2.01. The van der Waals surface area contributed by atoms with E-state index in [1.807, 2.05) is 25.3 Å². The molecule has 0 radical (unpaired) electrons. The van der Waals surface area contributed by atoms with Gasteiger partial charge in [-0.25, -0.2) is 0 Å². The Morgan fingerprint density at radius 3 is 2.41 bits per heavy atom. The lowest BCUT2D eigenvalue weighted by atomic mass is 9.99. The molecule has 2 aromatic carbocycles. The van der Waals surface area contributed by atoms with Crippen LogP contribution >= 0.6 is 11.8 Å². The predicted molar refractivity (Wildman–Crippen MR) is 72.9 cm³/mol. The third-order valence-corrected chi connectivity index (χ3v) is 3.92. The zero-order valence-corrected chi connectivity index (χ0v) is 11.1. The van der Waals surface area contributed by atoms with Crippen LogP contribution in [-0.4, -0.2) is 18.5 Å². The maximum absolute atomic E-state index is 9.54. The molecule has 2 nitrogen and oxygen atoms in total. The Balaban J connectivity index is 2.93. The molecule has 0 saturated heterocycles. The van der Waals surface area contributed by atoms with Crippen LogP contribution in [0.3, 0.4) is 0 Å². The number of rotatable bonds is 3. The summed E-state index contributed by atoms with van der Waals surface area (Å²) < 4.78 is 5.52. The highest BCUT2D eigenvalue weighted by molar-refractivity contribution is 7.98. The van der Waals surface area contributed by atoms with E-state index in [9.17, 15) is 5.11 Å². The van der Waals surface area contributed by atoms with E-state index in [1.54, 1.807) is 18.9 Å². The number of hydrogen-bond acceptors (Lipinski definition) is 3. The molecular formula is C14H16O2S. The van der Waals surface area contributed by atoms with Crippen LogP contribution in [0.15, 0.2) is 29.2 Å². The molecule has 0 aliphatic heterocycles. The van der Waals surface area contributed by atoms with Crippen molar-refractivity contribution in [1.29, 1.82) is 0 Å². The van der Waals surface area contributed by atoms with Crippen molar-refractivity contribution >= 4 is 22.5 Å². The lowest BCUT2D eigenvalue weighted by Crippen LogP contribution is -1.98. The fourth-order valence-corrected chi connectivity index (χ4v) is 3.05. The van der Waals surface area contributed by atoms with Crippen molar-refractivity contribution in [2.24, 2.45) is 0 Å². The monoisotopic (exact) mass is 248 g/mol. The van der Waals surface area contributed by atoms with Gasteiger partial charge in [-0.3, -0.25) is 0 Å². The highest BCUT2D eigenvalue weighted by Gasteiger charge is 2.16. The number of aliphatic hydroxyl groups is 1. The number of benzene rings is 2. The normalized spacial score (nSPS) is 10.8. The highest BCUT2D eigenvalue weighted by Crippen LogP contribution is 2.40. The Morgan fingerprint density at radius 2 is 1.88 bits per heavy atom. The molecule has 0 atom stereocenters. The number of thioether (sulfide) groups is 1. The Bertz CT molecular complexity index is 549. The van der Waals surface area contributed by atoms with Gasteiger partial charge in [0, 0.05) is 5.39 Å². The molecule has 0 unspecified atom stereocenters. The maximum Gasteiger partial charge on any atom is 0.140 e. The van der Waals surface area contributed by atoms with E-state index in [0.29, 0.717) is 0 Å². The van der Waals surface area contributed by atoms with Crippen molar-refractivity contribution in [2.75, 3.05) is 13.4 Å². The fraction of sp³-hybridized carbons (Fsp3) is 0.286. The second kappa shape index (κ2) is 4.98. The molecule has 17 heavy (non-hydrogen) atoms. The van der Waals surface area contributed by atoms with Gasteiger partial charge in [0.25, 0.3) is 0 Å². The summed E-state index contributed by atoms with van der Waals surface area (Å²) in [5.41, 5.74) is 2.10. The van der Waals surface area contributed by atoms with Gasteiger partial charge >= 0.3 is 0 Å². The van der Waals surface area contributed by atoms with Crippen LogP contribution in [0.4, 0.5) is 0 Å². The smallest absolute Gasteiger partial charge is 0.140 e. The van der Waals surface area contributed by atoms with E-state index in [-0.39, 0.29) is 6.61 Å². The summed E-state index contributed by atoms with van der Waals surface area (Å²) in [6, 6.07) is 8.14. The first-order valence-corrected chi connectivity index (χ1v) is 6.70. The van der Waals surface area contributed by atoms with E-state index in [1.165, 1.54) is 0 Å². The second-order valence-electron chi connectivity index (χ2n) is 3.87. The van der Waals surface area contributed by atoms with Crippen molar-refractivity contribution in [3.63, 3.8) is 0 Å². The second-order valence-corrected chi connectivity index (χ2v) is 4.69. The molecule has 0 aliphatic rings. The van der Waals surface area contributed by atoms with Crippen molar-refractivity contribution in [2.45, 2.75) is 18.4 Å². The van der Waals surface area contributed by atoms with Gasteiger partial charge in [-0.1, -0.05) is 24.3 Å². The number of aliphatic hydroxyl groups excluding tert-OH is 1. The summed E-state index contributed by atoms with van der Waals surface area (Å²) in [5.74, 6) is 0.864. The van der Waals surface area contributed by atoms with Crippen LogP contribution < -0.4 is 4.74 Å². The number of hydrogen-bond donors (Lipinski definition) is 1. The Labute approximate surface area is 106 Å². The predicted octanol–water partition coefficient (Wildman–Crippen LogP) is 3.37. The van der Waals surface area contributed by atoms with Crippen LogP contribution in [0.2, 0.25) is 0 Å². The Morgan fingerprint density at radius 1 is 1.24 bits per heavy atom. The van der Waals surface area contributed by atoms with Gasteiger partial charge in [0.2, 0.25) is 0 Å². The molecule has 0 saturated carbocycles. The average molecular weight is 248 g/mol. The van der Waals surface area contributed by atoms with E-state index in [2.05, 4.69) is 12.1 Å². The van der Waals surface area contributed by atoms with Crippen LogP contribution in [0.25, 0.3) is 10.8 Å². The van der Waals surface area contributed by atoms with Gasteiger partial charge in [0.1, 0.15) is 5.75 Å². The zero-order chi connectivity index (χ0) is 12.4. The van der Waals surface area contributed by atoms with E-state index in [0.717, 1.165) is 32.5 Å². The van der Waals surface area contributed by atoms with Crippen molar-refractivity contribution in [1.82, 2.24) is 0 Å². The SMILES string of the molecule is COc1c(SC)c(CO)c(C)c2ccccc12. The van der Waals surface area contributed by atoms with Gasteiger partial charge in [0.15, 0.2) is 0 Å². The molecular weight excluding hydrogens is 232 g/mol. The van der Waals surface area contributed by atoms with E-state index in [4.69, 9.17) is 4.74 Å². The zero-order valence-electron chi connectivity index (χ0n) is 10.3. The quantitative estimate of drug-likeness (QED) is 0.844. The van der Waals surface area contributed by atoms with E-state index < -0.39 is 0 Å². The minimum Gasteiger partial charge on any atom is -0.495 e. The summed E-state index contributed by atoms with van der Waals surface area (Å²) in [7, 11) is 1.68. The Kier molecular flexibility index (Phi) is 3.60. The maximum atomic E-state index is 9.54. The van der Waals surface area contributed by atoms with Gasteiger partial charge in [0.05, 0.1) is 18.6 Å². The fourth-order valence-electron chi connectivity index (χ4n) is 2.21. The summed E-state index contributed by atoms with van der Waals surface area (Å²) >= 11 is 1.62. The number of aryl methyl sites for hydroxylation is 1.